The minimum atomic E-state index is -3.14. The number of hydrogen-bond donors (Lipinski definition) is 1. The molecule has 1 aromatic heterocycles. The summed E-state index contributed by atoms with van der Waals surface area (Å²) in [6.45, 7) is 2.14. The van der Waals surface area contributed by atoms with Gasteiger partial charge in [-0.2, -0.15) is 10.4 Å². The van der Waals surface area contributed by atoms with Gasteiger partial charge < -0.3 is 5.32 Å². The second-order valence-corrected chi connectivity index (χ2v) is 11.7. The third kappa shape index (κ3) is 6.21. The highest BCUT2D eigenvalue weighted by Gasteiger charge is 2.29. The molecule has 1 aliphatic heterocycles. The van der Waals surface area contributed by atoms with Gasteiger partial charge in [0.15, 0.2) is 9.84 Å². The molecule has 1 saturated heterocycles. The minimum absolute atomic E-state index is 0.0457. The molecule has 1 fully saturated rings. The van der Waals surface area contributed by atoms with Crippen LogP contribution in [0.15, 0.2) is 71.3 Å². The summed E-state index contributed by atoms with van der Waals surface area (Å²) in [6, 6.07) is 19.1. The zero-order valence-electron chi connectivity index (χ0n) is 19.3. The van der Waals surface area contributed by atoms with Crippen LogP contribution in [0.2, 0.25) is 0 Å². The standard InChI is InChI=1S/C26H26N4O3S2/c1-2-13-34-24-10-8-19(9-11-24)25-21(17-30(29-25)23-6-4-3-5-7-23)15-20(16-27)26(31)28-22-12-14-35(32,33)18-22/h3-11,15,17,22H,2,12-14,18H2,1H3,(H,28,31)/b20-15-/t22-/m1/s1. The monoisotopic (exact) mass is 506 g/mol. The van der Waals surface area contributed by atoms with E-state index in [2.05, 4.69) is 12.2 Å². The van der Waals surface area contributed by atoms with Crippen LogP contribution in [0.4, 0.5) is 0 Å². The zero-order chi connectivity index (χ0) is 24.8. The number of carbonyl (C=O) groups is 1. The maximum Gasteiger partial charge on any atom is 0.262 e. The number of para-hydroxylation sites is 1. The fourth-order valence-electron chi connectivity index (χ4n) is 3.84. The Balaban J connectivity index is 1.68. The summed E-state index contributed by atoms with van der Waals surface area (Å²) in [5, 5.41) is 17.2. The van der Waals surface area contributed by atoms with Gasteiger partial charge in [0.25, 0.3) is 5.91 Å². The fraction of sp³-hybridized carbons (Fsp3) is 0.269. The van der Waals surface area contributed by atoms with E-state index in [-0.39, 0.29) is 17.1 Å². The molecule has 35 heavy (non-hydrogen) atoms. The Morgan fingerprint density at radius 1 is 1.23 bits per heavy atom. The van der Waals surface area contributed by atoms with Gasteiger partial charge in [-0.3, -0.25) is 4.79 Å². The summed E-state index contributed by atoms with van der Waals surface area (Å²) in [5.41, 5.74) is 2.88. The predicted octanol–water partition coefficient (Wildman–Crippen LogP) is 4.25. The molecule has 0 bridgehead atoms. The number of nitrogens with zero attached hydrogens (tertiary/aromatic N) is 3. The topological polar surface area (TPSA) is 105 Å². The Kier molecular flexibility index (Phi) is 7.73. The number of nitriles is 1. The molecule has 180 valence electrons. The van der Waals surface area contributed by atoms with Crippen molar-refractivity contribution in [1.29, 1.82) is 5.26 Å². The zero-order valence-corrected chi connectivity index (χ0v) is 21.0. The van der Waals surface area contributed by atoms with E-state index in [1.54, 1.807) is 22.6 Å². The number of hydrogen-bond acceptors (Lipinski definition) is 6. The lowest BCUT2D eigenvalue weighted by Crippen LogP contribution is -2.36. The molecule has 4 rings (SSSR count). The van der Waals surface area contributed by atoms with E-state index in [0.29, 0.717) is 17.7 Å². The van der Waals surface area contributed by atoms with Crippen LogP contribution in [0.1, 0.15) is 25.3 Å². The van der Waals surface area contributed by atoms with E-state index in [0.717, 1.165) is 23.4 Å². The molecule has 2 aromatic carbocycles. The fourth-order valence-corrected chi connectivity index (χ4v) is 6.28. The van der Waals surface area contributed by atoms with E-state index in [4.69, 9.17) is 5.10 Å². The van der Waals surface area contributed by atoms with Crippen LogP contribution < -0.4 is 5.32 Å². The molecule has 1 amide bonds. The smallest absolute Gasteiger partial charge is 0.262 e. The normalized spacial score (nSPS) is 17.1. The molecule has 1 N–H and O–H groups in total. The average Bonchev–Trinajstić information content (AvgIpc) is 3.44. The summed E-state index contributed by atoms with van der Waals surface area (Å²) >= 11 is 1.79. The van der Waals surface area contributed by atoms with Crippen molar-refractivity contribution in [2.45, 2.75) is 30.7 Å². The molecule has 2 heterocycles. The largest absolute Gasteiger partial charge is 0.348 e. The van der Waals surface area contributed by atoms with E-state index >= 15 is 0 Å². The summed E-state index contributed by atoms with van der Waals surface area (Å²) < 4.78 is 25.2. The number of thioether (sulfide) groups is 1. The van der Waals surface area contributed by atoms with Gasteiger partial charge in [-0.05, 0) is 48.9 Å². The van der Waals surface area contributed by atoms with Gasteiger partial charge in [0.05, 0.1) is 22.9 Å². The lowest BCUT2D eigenvalue weighted by molar-refractivity contribution is -0.117. The Hall–Kier alpha value is -3.35. The molecule has 1 aliphatic rings. The summed E-state index contributed by atoms with van der Waals surface area (Å²) in [7, 11) is -3.14. The van der Waals surface area contributed by atoms with Gasteiger partial charge in [-0.1, -0.05) is 37.3 Å². The maximum absolute atomic E-state index is 12.8. The molecule has 0 unspecified atom stereocenters. The Labute approximate surface area is 209 Å². The number of carbonyl (C=O) groups excluding carboxylic acids is 1. The van der Waals surface area contributed by atoms with Crippen molar-refractivity contribution in [2.75, 3.05) is 17.3 Å². The van der Waals surface area contributed by atoms with E-state index in [9.17, 15) is 18.5 Å². The van der Waals surface area contributed by atoms with E-state index in [1.807, 2.05) is 60.7 Å². The third-order valence-electron chi connectivity index (χ3n) is 5.60. The Morgan fingerprint density at radius 3 is 2.60 bits per heavy atom. The molecule has 3 aromatic rings. The Morgan fingerprint density at radius 2 is 1.97 bits per heavy atom. The first-order valence-electron chi connectivity index (χ1n) is 11.4. The first-order valence-corrected chi connectivity index (χ1v) is 14.2. The molecule has 1 atom stereocenters. The first-order chi connectivity index (χ1) is 16.9. The van der Waals surface area contributed by atoms with Crippen molar-refractivity contribution in [3.63, 3.8) is 0 Å². The lowest BCUT2D eigenvalue weighted by Gasteiger charge is -2.10. The number of nitrogens with one attached hydrogen (secondary N) is 1. The van der Waals surface area contributed by atoms with Crippen molar-refractivity contribution in [2.24, 2.45) is 0 Å². The lowest BCUT2D eigenvalue weighted by atomic mass is 10.1. The molecule has 7 nitrogen and oxygen atoms in total. The van der Waals surface area contributed by atoms with Crippen molar-refractivity contribution >= 4 is 33.6 Å². The number of aromatic nitrogens is 2. The van der Waals surface area contributed by atoms with Crippen molar-refractivity contribution in [3.8, 4) is 23.0 Å². The van der Waals surface area contributed by atoms with Crippen LogP contribution in [-0.4, -0.2) is 47.4 Å². The van der Waals surface area contributed by atoms with E-state index < -0.39 is 21.8 Å². The molecule has 0 radical (unpaired) electrons. The maximum atomic E-state index is 12.8. The number of amides is 1. The molecule has 0 spiro atoms. The summed E-state index contributed by atoms with van der Waals surface area (Å²) in [4.78, 5) is 14.0. The third-order valence-corrected chi connectivity index (χ3v) is 8.58. The van der Waals surface area contributed by atoms with Gasteiger partial charge in [-0.15, -0.1) is 11.8 Å². The van der Waals surface area contributed by atoms with Crippen molar-refractivity contribution in [1.82, 2.24) is 15.1 Å². The highest BCUT2D eigenvalue weighted by molar-refractivity contribution is 7.99. The van der Waals surface area contributed by atoms with Crippen LogP contribution in [-0.2, 0) is 14.6 Å². The van der Waals surface area contributed by atoms with Crippen molar-refractivity contribution in [3.05, 3.63) is 71.9 Å². The number of rotatable bonds is 8. The molecular weight excluding hydrogens is 480 g/mol. The van der Waals surface area contributed by atoms with Crippen molar-refractivity contribution < 1.29 is 13.2 Å². The van der Waals surface area contributed by atoms with E-state index in [1.165, 1.54) is 11.0 Å². The minimum Gasteiger partial charge on any atom is -0.348 e. The predicted molar refractivity (Wildman–Crippen MR) is 139 cm³/mol. The van der Waals surface area contributed by atoms with Gasteiger partial charge in [0.2, 0.25) is 0 Å². The second kappa shape index (κ2) is 10.9. The highest BCUT2D eigenvalue weighted by atomic mass is 32.2. The Bertz CT molecular complexity index is 1370. The van der Waals surface area contributed by atoms with Crippen LogP contribution in [0, 0.1) is 11.3 Å². The quantitative estimate of drug-likeness (QED) is 0.278. The molecular formula is C26H26N4O3S2. The molecule has 0 saturated carbocycles. The van der Waals surface area contributed by atoms with Gasteiger partial charge in [0.1, 0.15) is 11.6 Å². The SMILES string of the molecule is CCCSc1ccc(-c2nn(-c3ccccc3)cc2/C=C(/C#N)C(=O)N[C@@H]2CCS(=O)(=O)C2)cc1. The van der Waals surface area contributed by atoms with Gasteiger partial charge >= 0.3 is 0 Å². The molecule has 0 aliphatic carbocycles. The first kappa shape index (κ1) is 24.8. The van der Waals surface area contributed by atoms with Crippen LogP contribution in [0.5, 0.6) is 0 Å². The number of benzene rings is 2. The van der Waals surface area contributed by atoms with Gasteiger partial charge in [-0.25, -0.2) is 13.1 Å². The molecule has 9 heteroatoms. The van der Waals surface area contributed by atoms with Crippen LogP contribution in [0.3, 0.4) is 0 Å². The average molecular weight is 507 g/mol. The summed E-state index contributed by atoms with van der Waals surface area (Å²) in [6.07, 6.45) is 4.75. The second-order valence-electron chi connectivity index (χ2n) is 8.33. The van der Waals surface area contributed by atoms with Crippen LogP contribution in [0.25, 0.3) is 23.0 Å². The van der Waals surface area contributed by atoms with Crippen LogP contribution >= 0.6 is 11.8 Å². The highest BCUT2D eigenvalue weighted by Crippen LogP contribution is 2.28. The summed E-state index contributed by atoms with van der Waals surface area (Å²) in [5.74, 6) is 0.402. The van der Waals surface area contributed by atoms with Gasteiger partial charge in [0, 0.05) is 28.3 Å². The number of sulfone groups is 1.